The molecule has 0 aliphatic carbocycles. The highest BCUT2D eigenvalue weighted by molar-refractivity contribution is 6.03. The molecule has 4 nitrogen and oxygen atoms in total. The standard InChI is InChI=1S/C23H14N2O2/c26-20-14-11-17-19(27-20)13-12-18-23(17)25-22(16-9-5-2-6-10-16)21(24-18)15-7-3-1-4-8-15/h1-14H. The van der Waals surface area contributed by atoms with E-state index in [0.29, 0.717) is 5.58 Å². The Hall–Kier alpha value is -3.79. The highest BCUT2D eigenvalue weighted by Gasteiger charge is 2.15. The average molecular weight is 350 g/mol. The van der Waals surface area contributed by atoms with Crippen molar-refractivity contribution in [3.8, 4) is 22.5 Å². The van der Waals surface area contributed by atoms with Crippen molar-refractivity contribution in [2.75, 3.05) is 0 Å². The molecule has 0 saturated heterocycles. The molecular formula is C23H14N2O2. The Kier molecular flexibility index (Phi) is 3.54. The summed E-state index contributed by atoms with van der Waals surface area (Å²) in [6, 6.07) is 26.8. The summed E-state index contributed by atoms with van der Waals surface area (Å²) >= 11 is 0. The first kappa shape index (κ1) is 15.5. The Morgan fingerprint density at radius 1 is 0.630 bits per heavy atom. The second-order valence-corrected chi connectivity index (χ2v) is 6.25. The molecule has 3 aromatic carbocycles. The molecule has 0 N–H and O–H groups in total. The predicted octanol–water partition coefficient (Wildman–Crippen LogP) is 5.07. The molecule has 0 unspecified atom stereocenters. The third-order valence-corrected chi connectivity index (χ3v) is 4.53. The van der Waals surface area contributed by atoms with Crippen molar-refractivity contribution in [3.63, 3.8) is 0 Å². The zero-order valence-corrected chi connectivity index (χ0v) is 14.3. The van der Waals surface area contributed by atoms with Crippen LogP contribution in [0.1, 0.15) is 0 Å². The largest absolute Gasteiger partial charge is 0.423 e. The summed E-state index contributed by atoms with van der Waals surface area (Å²) < 4.78 is 5.31. The minimum Gasteiger partial charge on any atom is -0.423 e. The van der Waals surface area contributed by atoms with Crippen LogP contribution in [0.5, 0.6) is 0 Å². The van der Waals surface area contributed by atoms with Crippen molar-refractivity contribution in [1.29, 1.82) is 0 Å². The average Bonchev–Trinajstić information content (AvgIpc) is 2.73. The summed E-state index contributed by atoms with van der Waals surface area (Å²) in [4.78, 5) is 21.4. The fourth-order valence-electron chi connectivity index (χ4n) is 3.26. The van der Waals surface area contributed by atoms with Gasteiger partial charge in [-0.25, -0.2) is 14.8 Å². The molecule has 0 bridgehead atoms. The monoisotopic (exact) mass is 350 g/mol. The lowest BCUT2D eigenvalue weighted by molar-refractivity contribution is 0.561. The molecule has 0 atom stereocenters. The van der Waals surface area contributed by atoms with Crippen LogP contribution in [0, 0.1) is 0 Å². The first-order valence-electron chi connectivity index (χ1n) is 8.65. The molecule has 0 saturated carbocycles. The van der Waals surface area contributed by atoms with E-state index >= 15 is 0 Å². The van der Waals surface area contributed by atoms with Crippen LogP contribution >= 0.6 is 0 Å². The van der Waals surface area contributed by atoms with Crippen LogP contribution in [0.2, 0.25) is 0 Å². The molecule has 2 aromatic heterocycles. The van der Waals surface area contributed by atoms with Crippen LogP contribution < -0.4 is 5.63 Å². The van der Waals surface area contributed by atoms with E-state index in [0.717, 1.165) is 38.9 Å². The number of rotatable bonds is 2. The van der Waals surface area contributed by atoms with E-state index in [1.165, 1.54) is 6.07 Å². The van der Waals surface area contributed by atoms with E-state index in [1.54, 1.807) is 12.1 Å². The van der Waals surface area contributed by atoms with Gasteiger partial charge in [-0.15, -0.1) is 0 Å². The zero-order valence-electron chi connectivity index (χ0n) is 14.3. The lowest BCUT2D eigenvalue weighted by Gasteiger charge is -2.11. The smallest absolute Gasteiger partial charge is 0.336 e. The van der Waals surface area contributed by atoms with Gasteiger partial charge in [-0.2, -0.15) is 0 Å². The zero-order chi connectivity index (χ0) is 18.2. The van der Waals surface area contributed by atoms with Crippen molar-refractivity contribution in [2.45, 2.75) is 0 Å². The van der Waals surface area contributed by atoms with Gasteiger partial charge in [0, 0.05) is 22.6 Å². The van der Waals surface area contributed by atoms with Crippen molar-refractivity contribution in [2.24, 2.45) is 0 Å². The SMILES string of the molecule is O=c1ccc2c(ccc3nc(-c4ccccc4)c(-c4ccccc4)nc32)o1. The van der Waals surface area contributed by atoms with Gasteiger partial charge in [0.15, 0.2) is 0 Å². The number of aromatic nitrogens is 2. The van der Waals surface area contributed by atoms with Crippen LogP contribution in [0.4, 0.5) is 0 Å². The molecular weight excluding hydrogens is 336 g/mol. The molecule has 0 aliphatic rings. The number of nitrogens with zero attached hydrogens (tertiary/aromatic N) is 2. The van der Waals surface area contributed by atoms with Crippen molar-refractivity contribution in [3.05, 3.63) is 95.3 Å². The van der Waals surface area contributed by atoms with E-state index in [1.807, 2.05) is 66.7 Å². The van der Waals surface area contributed by atoms with E-state index < -0.39 is 0 Å². The Morgan fingerprint density at radius 2 is 1.26 bits per heavy atom. The van der Waals surface area contributed by atoms with Gasteiger partial charge in [0.2, 0.25) is 0 Å². The normalized spacial score (nSPS) is 11.1. The second-order valence-electron chi connectivity index (χ2n) is 6.25. The van der Waals surface area contributed by atoms with Crippen LogP contribution in [-0.4, -0.2) is 9.97 Å². The van der Waals surface area contributed by atoms with E-state index in [9.17, 15) is 4.79 Å². The fourth-order valence-corrected chi connectivity index (χ4v) is 3.26. The molecule has 0 fully saturated rings. The minimum absolute atomic E-state index is 0.376. The molecule has 0 amide bonds. The quantitative estimate of drug-likeness (QED) is 0.329. The summed E-state index contributed by atoms with van der Waals surface area (Å²) in [7, 11) is 0. The Bertz CT molecular complexity index is 1330. The highest BCUT2D eigenvalue weighted by atomic mass is 16.4. The molecule has 5 aromatic rings. The molecule has 0 radical (unpaired) electrons. The van der Waals surface area contributed by atoms with Gasteiger partial charge in [0.05, 0.1) is 16.9 Å². The van der Waals surface area contributed by atoms with E-state index in [-0.39, 0.29) is 5.63 Å². The molecule has 0 aliphatic heterocycles. The van der Waals surface area contributed by atoms with Gasteiger partial charge in [-0.05, 0) is 18.2 Å². The number of benzene rings is 3. The fraction of sp³-hybridized carbons (Fsp3) is 0. The molecule has 128 valence electrons. The maximum absolute atomic E-state index is 11.5. The highest BCUT2D eigenvalue weighted by Crippen LogP contribution is 2.32. The molecule has 27 heavy (non-hydrogen) atoms. The van der Waals surface area contributed by atoms with Crippen LogP contribution in [-0.2, 0) is 0 Å². The Balaban J connectivity index is 1.90. The maximum atomic E-state index is 11.5. The topological polar surface area (TPSA) is 56.0 Å². The Labute approximate surface area is 154 Å². The first-order chi connectivity index (χ1) is 13.3. The van der Waals surface area contributed by atoms with Gasteiger partial charge in [-0.3, -0.25) is 0 Å². The summed E-state index contributed by atoms with van der Waals surface area (Å²) in [5.74, 6) is 0. The summed E-state index contributed by atoms with van der Waals surface area (Å²) in [6.07, 6.45) is 0. The van der Waals surface area contributed by atoms with Crippen molar-refractivity contribution in [1.82, 2.24) is 9.97 Å². The molecule has 5 rings (SSSR count). The third-order valence-electron chi connectivity index (χ3n) is 4.53. The predicted molar refractivity (Wildman–Crippen MR) is 106 cm³/mol. The second kappa shape index (κ2) is 6.18. The van der Waals surface area contributed by atoms with Gasteiger partial charge in [-0.1, -0.05) is 60.7 Å². The lowest BCUT2D eigenvalue weighted by Crippen LogP contribution is -1.98. The number of hydrogen-bond acceptors (Lipinski definition) is 4. The third kappa shape index (κ3) is 2.68. The van der Waals surface area contributed by atoms with E-state index in [2.05, 4.69) is 0 Å². The lowest BCUT2D eigenvalue weighted by atomic mass is 10.0. The number of fused-ring (bicyclic) bond motifs is 3. The van der Waals surface area contributed by atoms with Crippen molar-refractivity contribution >= 4 is 22.0 Å². The summed E-state index contributed by atoms with van der Waals surface area (Å²) in [6.45, 7) is 0. The Morgan fingerprint density at radius 3 is 1.93 bits per heavy atom. The molecule has 4 heteroatoms. The molecule has 0 spiro atoms. The van der Waals surface area contributed by atoms with Crippen LogP contribution in [0.15, 0.2) is 94.1 Å². The van der Waals surface area contributed by atoms with Crippen LogP contribution in [0.25, 0.3) is 44.5 Å². The van der Waals surface area contributed by atoms with Crippen molar-refractivity contribution < 1.29 is 4.42 Å². The van der Waals surface area contributed by atoms with Gasteiger partial charge < -0.3 is 4.42 Å². The van der Waals surface area contributed by atoms with Gasteiger partial charge in [0.25, 0.3) is 0 Å². The van der Waals surface area contributed by atoms with Gasteiger partial charge >= 0.3 is 5.63 Å². The molecule has 2 heterocycles. The first-order valence-corrected chi connectivity index (χ1v) is 8.65. The summed E-state index contributed by atoms with van der Waals surface area (Å²) in [5, 5.41) is 0.774. The van der Waals surface area contributed by atoms with E-state index in [4.69, 9.17) is 14.4 Å². The minimum atomic E-state index is -0.376. The van der Waals surface area contributed by atoms with Gasteiger partial charge in [0.1, 0.15) is 11.1 Å². The maximum Gasteiger partial charge on any atom is 0.336 e. The number of hydrogen-bond donors (Lipinski definition) is 0. The summed E-state index contributed by atoms with van der Waals surface area (Å²) in [5.41, 5.74) is 5.23. The van der Waals surface area contributed by atoms with Crippen LogP contribution in [0.3, 0.4) is 0 Å².